The predicted octanol–water partition coefficient (Wildman–Crippen LogP) is 0.960. The summed E-state index contributed by atoms with van der Waals surface area (Å²) in [6, 6.07) is -0.113. The van der Waals surface area contributed by atoms with E-state index in [4.69, 9.17) is 9.84 Å². The number of amides is 1. The number of dihydropyridines is 1. The number of hydrogen-bond acceptors (Lipinski definition) is 5. The Balaban J connectivity index is 1.77. The van der Waals surface area contributed by atoms with E-state index in [2.05, 4.69) is 10.6 Å². The Bertz CT molecular complexity index is 644. The van der Waals surface area contributed by atoms with Crippen LogP contribution in [-0.2, 0) is 9.53 Å². The van der Waals surface area contributed by atoms with Crippen molar-refractivity contribution in [1.82, 2.24) is 15.5 Å². The van der Waals surface area contributed by atoms with Gasteiger partial charge in [0.05, 0.1) is 0 Å². The fourth-order valence-electron chi connectivity index (χ4n) is 3.04. The molecule has 2 unspecified atom stereocenters. The van der Waals surface area contributed by atoms with Gasteiger partial charge in [0, 0.05) is 25.4 Å². The molecule has 0 aromatic heterocycles. The number of carboxylic acid groups (broad SMARTS) is 1. The maximum Gasteiger partial charge on any atom is 0.410 e. The number of allylic oxidation sites excluding steroid dienone is 3. The van der Waals surface area contributed by atoms with Crippen molar-refractivity contribution in [3.05, 3.63) is 35.6 Å². The lowest BCUT2D eigenvalue weighted by Gasteiger charge is -2.33. The first-order valence-corrected chi connectivity index (χ1v) is 7.58. The first-order chi connectivity index (χ1) is 10.7. The van der Waals surface area contributed by atoms with E-state index in [0.717, 1.165) is 17.2 Å². The van der Waals surface area contributed by atoms with Crippen LogP contribution in [0, 0.1) is 0 Å². The summed E-state index contributed by atoms with van der Waals surface area (Å²) in [7, 11) is 0. The molecule has 0 radical (unpaired) electrons. The maximum atomic E-state index is 12.4. The number of nitrogens with zero attached hydrogens (tertiary/aromatic N) is 1. The monoisotopic (exact) mass is 319 g/mol. The van der Waals surface area contributed by atoms with Crippen molar-refractivity contribution in [2.24, 2.45) is 0 Å². The van der Waals surface area contributed by atoms with E-state index in [9.17, 15) is 9.59 Å². The normalized spacial score (nSPS) is 29.0. The largest absolute Gasteiger partial charge is 0.478 e. The van der Waals surface area contributed by atoms with Gasteiger partial charge in [0.15, 0.2) is 0 Å². The van der Waals surface area contributed by atoms with Gasteiger partial charge in [-0.3, -0.25) is 10.2 Å². The van der Waals surface area contributed by atoms with Crippen molar-refractivity contribution in [1.29, 1.82) is 0 Å². The molecule has 124 valence electrons. The van der Waals surface area contributed by atoms with Gasteiger partial charge in [-0.15, -0.1) is 0 Å². The van der Waals surface area contributed by atoms with Gasteiger partial charge in [0.2, 0.25) is 0 Å². The highest BCUT2D eigenvalue weighted by molar-refractivity contribution is 5.81. The molecule has 3 rings (SSSR count). The summed E-state index contributed by atoms with van der Waals surface area (Å²) >= 11 is 0. The minimum Gasteiger partial charge on any atom is -0.478 e. The Morgan fingerprint density at radius 3 is 2.87 bits per heavy atom. The number of ether oxygens (including phenoxy) is 1. The number of fused-ring (bicyclic) bond motifs is 1. The molecule has 2 atom stereocenters. The quantitative estimate of drug-likeness (QED) is 0.657. The zero-order chi connectivity index (χ0) is 16.8. The van der Waals surface area contributed by atoms with Gasteiger partial charge in [-0.25, -0.2) is 9.59 Å². The van der Waals surface area contributed by atoms with E-state index in [-0.39, 0.29) is 12.1 Å². The molecule has 0 aromatic carbocycles. The second-order valence-electron chi connectivity index (χ2n) is 6.87. The molecular weight excluding hydrogens is 298 g/mol. The Hall–Kier alpha value is -2.28. The minimum absolute atomic E-state index is 0.113. The molecule has 2 aliphatic heterocycles. The van der Waals surface area contributed by atoms with Gasteiger partial charge in [-0.1, -0.05) is 0 Å². The first kappa shape index (κ1) is 15.6. The molecule has 23 heavy (non-hydrogen) atoms. The Morgan fingerprint density at radius 2 is 2.22 bits per heavy atom. The fraction of sp³-hybridized carbons (Fsp3) is 0.500. The highest BCUT2D eigenvalue weighted by atomic mass is 16.6. The summed E-state index contributed by atoms with van der Waals surface area (Å²) < 4.78 is 5.48. The summed E-state index contributed by atoms with van der Waals surface area (Å²) in [5.74, 6) is -0.994. The van der Waals surface area contributed by atoms with Gasteiger partial charge in [0.1, 0.15) is 17.3 Å². The maximum absolute atomic E-state index is 12.4. The van der Waals surface area contributed by atoms with Crippen LogP contribution < -0.4 is 10.6 Å². The van der Waals surface area contributed by atoms with E-state index in [1.54, 1.807) is 11.1 Å². The van der Waals surface area contributed by atoms with E-state index < -0.39 is 17.2 Å². The van der Waals surface area contributed by atoms with E-state index in [1.165, 1.54) is 6.08 Å². The Labute approximate surface area is 134 Å². The minimum atomic E-state index is -0.994. The van der Waals surface area contributed by atoms with Crippen molar-refractivity contribution >= 4 is 12.1 Å². The SMILES string of the molecule is CC(C)(C)OC(=O)N1CCNC23NC=C(/C=C/C(=O)O)C=C2C13. The second kappa shape index (κ2) is 5.13. The second-order valence-corrected chi connectivity index (χ2v) is 6.87. The molecule has 2 heterocycles. The lowest BCUT2D eigenvalue weighted by Crippen LogP contribution is -2.58. The highest BCUT2D eigenvalue weighted by Gasteiger charge is 2.66. The number of nitrogens with one attached hydrogen (secondary N) is 2. The molecule has 2 fully saturated rings. The van der Waals surface area contributed by atoms with Gasteiger partial charge in [0.25, 0.3) is 0 Å². The van der Waals surface area contributed by atoms with Crippen LogP contribution in [0.15, 0.2) is 35.6 Å². The number of rotatable bonds is 2. The topological polar surface area (TPSA) is 90.9 Å². The van der Waals surface area contributed by atoms with E-state index in [0.29, 0.717) is 13.1 Å². The van der Waals surface area contributed by atoms with Crippen molar-refractivity contribution in [2.45, 2.75) is 38.1 Å². The van der Waals surface area contributed by atoms with Gasteiger partial charge in [-0.05, 0) is 44.1 Å². The molecule has 3 N–H and O–H groups in total. The average molecular weight is 319 g/mol. The van der Waals surface area contributed by atoms with Gasteiger partial charge in [-0.2, -0.15) is 0 Å². The molecule has 3 aliphatic rings. The molecule has 1 spiro atoms. The van der Waals surface area contributed by atoms with Crippen LogP contribution in [-0.4, -0.2) is 52.5 Å². The van der Waals surface area contributed by atoms with Crippen molar-refractivity contribution in [2.75, 3.05) is 13.1 Å². The van der Waals surface area contributed by atoms with Crippen molar-refractivity contribution in [3.63, 3.8) is 0 Å². The van der Waals surface area contributed by atoms with Crippen LogP contribution in [0.1, 0.15) is 20.8 Å². The summed E-state index contributed by atoms with van der Waals surface area (Å²) in [5.41, 5.74) is 0.808. The third kappa shape index (κ3) is 2.84. The third-order valence-corrected chi connectivity index (χ3v) is 3.98. The van der Waals surface area contributed by atoms with Gasteiger partial charge < -0.3 is 15.2 Å². The molecule has 7 nitrogen and oxygen atoms in total. The lowest BCUT2D eigenvalue weighted by molar-refractivity contribution is -0.131. The van der Waals surface area contributed by atoms with Crippen LogP contribution in [0.25, 0.3) is 0 Å². The lowest BCUT2D eigenvalue weighted by atomic mass is 10.2. The van der Waals surface area contributed by atoms with E-state index in [1.807, 2.05) is 26.8 Å². The highest BCUT2D eigenvalue weighted by Crippen LogP contribution is 2.49. The van der Waals surface area contributed by atoms with Gasteiger partial charge >= 0.3 is 12.1 Å². The molecule has 1 saturated heterocycles. The summed E-state index contributed by atoms with van der Waals surface area (Å²) in [4.78, 5) is 24.7. The molecule has 1 aliphatic carbocycles. The standard InChI is InChI=1S/C16H21N3O4/c1-15(2,3)23-14(22)19-7-6-17-16-11(13(16)19)8-10(9-18-16)4-5-12(20)21/h4-5,8-9,13,17-18H,6-7H2,1-3H3,(H,20,21)/b5-4+. The number of carboxylic acids is 1. The zero-order valence-corrected chi connectivity index (χ0v) is 13.4. The number of hydrogen-bond donors (Lipinski definition) is 3. The third-order valence-electron chi connectivity index (χ3n) is 3.98. The average Bonchev–Trinajstić information content (AvgIpc) is 3.11. The van der Waals surface area contributed by atoms with Crippen LogP contribution in [0.2, 0.25) is 0 Å². The van der Waals surface area contributed by atoms with Crippen LogP contribution in [0.5, 0.6) is 0 Å². The first-order valence-electron chi connectivity index (χ1n) is 7.58. The number of aliphatic carboxylic acids is 1. The molecule has 7 heteroatoms. The van der Waals surface area contributed by atoms with Crippen LogP contribution in [0.4, 0.5) is 4.79 Å². The Morgan fingerprint density at radius 1 is 1.48 bits per heavy atom. The van der Waals surface area contributed by atoms with Crippen molar-refractivity contribution in [3.8, 4) is 0 Å². The summed E-state index contributed by atoms with van der Waals surface area (Å²) in [6.45, 7) is 6.76. The van der Waals surface area contributed by atoms with Crippen LogP contribution >= 0.6 is 0 Å². The molecule has 0 aromatic rings. The molecular formula is C16H21N3O4. The van der Waals surface area contributed by atoms with Crippen molar-refractivity contribution < 1.29 is 19.4 Å². The smallest absolute Gasteiger partial charge is 0.410 e. The molecule has 0 bridgehead atoms. The number of carbonyl (C=O) groups is 2. The predicted molar refractivity (Wildman–Crippen MR) is 83.5 cm³/mol. The van der Waals surface area contributed by atoms with E-state index >= 15 is 0 Å². The zero-order valence-electron chi connectivity index (χ0n) is 13.4. The Kier molecular flexibility index (Phi) is 3.48. The summed E-state index contributed by atoms with van der Waals surface area (Å²) in [5, 5.41) is 15.4. The van der Waals surface area contributed by atoms with Crippen LogP contribution in [0.3, 0.4) is 0 Å². The molecule has 1 amide bonds. The molecule has 1 saturated carbocycles. The summed E-state index contributed by atoms with van der Waals surface area (Å²) in [6.07, 6.45) is 5.96. The number of carbonyl (C=O) groups excluding carboxylic acids is 1. The fourth-order valence-corrected chi connectivity index (χ4v) is 3.04. The number of piperazine rings is 1.